The summed E-state index contributed by atoms with van der Waals surface area (Å²) in [5.74, 6) is 0.586. The quantitative estimate of drug-likeness (QED) is 0.829. The molecule has 1 aromatic carbocycles. The van der Waals surface area contributed by atoms with E-state index < -0.39 is 0 Å². The van der Waals surface area contributed by atoms with Gasteiger partial charge in [0.2, 0.25) is 0 Å². The number of nitrogens with zero attached hydrogens (tertiary/aromatic N) is 1. The highest BCUT2D eigenvalue weighted by molar-refractivity contribution is 14.1. The molecule has 1 aromatic heterocycles. The Labute approximate surface area is 119 Å². The Morgan fingerprint density at radius 2 is 2.06 bits per heavy atom. The van der Waals surface area contributed by atoms with E-state index in [0.29, 0.717) is 9.39 Å². The number of hydrogen-bond acceptors (Lipinski definition) is 3. The maximum Gasteiger partial charge on any atom is 0.266 e. The predicted octanol–water partition coefficient (Wildman–Crippen LogP) is 3.07. The number of benzene rings is 1. The first kappa shape index (κ1) is 13.1. The van der Waals surface area contributed by atoms with Crippen LogP contribution in [0, 0.1) is 3.57 Å². The Bertz CT molecular complexity index is 578. The Morgan fingerprint density at radius 1 is 1.33 bits per heavy atom. The van der Waals surface area contributed by atoms with Crippen molar-refractivity contribution < 1.29 is 0 Å². The molecule has 94 valence electrons. The third-order valence-electron chi connectivity index (χ3n) is 2.55. The first-order valence-corrected chi connectivity index (χ1v) is 6.87. The van der Waals surface area contributed by atoms with Crippen molar-refractivity contribution in [3.05, 3.63) is 50.1 Å². The third kappa shape index (κ3) is 3.10. The summed E-state index contributed by atoms with van der Waals surface area (Å²) < 4.78 is 0.563. The lowest BCUT2D eigenvalue weighted by molar-refractivity contribution is 0.922. The minimum Gasteiger partial charge on any atom is -0.339 e. The van der Waals surface area contributed by atoms with Gasteiger partial charge in [0.15, 0.2) is 5.82 Å². The molecular weight excluding hydrogens is 341 g/mol. The van der Waals surface area contributed by atoms with E-state index in [1.165, 1.54) is 11.9 Å². The molecule has 0 aliphatic rings. The van der Waals surface area contributed by atoms with Crippen LogP contribution in [0.1, 0.15) is 18.9 Å². The highest BCUT2D eigenvalue weighted by Crippen LogP contribution is 2.18. The highest BCUT2D eigenvalue weighted by atomic mass is 127. The van der Waals surface area contributed by atoms with Crippen LogP contribution in [0.4, 0.5) is 11.5 Å². The summed E-state index contributed by atoms with van der Waals surface area (Å²) in [6.45, 7) is 2.16. The molecule has 2 aromatic rings. The lowest BCUT2D eigenvalue weighted by atomic mass is 10.1. The van der Waals surface area contributed by atoms with E-state index in [2.05, 4.69) is 34.3 Å². The zero-order valence-electron chi connectivity index (χ0n) is 10.0. The van der Waals surface area contributed by atoms with Crippen LogP contribution in [-0.4, -0.2) is 9.97 Å². The summed E-state index contributed by atoms with van der Waals surface area (Å²) in [7, 11) is 0. The van der Waals surface area contributed by atoms with Gasteiger partial charge in [-0.3, -0.25) is 4.79 Å². The summed E-state index contributed by atoms with van der Waals surface area (Å²) in [5.41, 5.74) is 2.12. The van der Waals surface area contributed by atoms with Crippen LogP contribution in [0.15, 0.2) is 35.4 Å². The molecule has 4 nitrogen and oxygen atoms in total. The molecular formula is C13H14IN3O. The second-order valence-electron chi connectivity index (χ2n) is 3.97. The second kappa shape index (κ2) is 5.99. The van der Waals surface area contributed by atoms with E-state index >= 15 is 0 Å². The van der Waals surface area contributed by atoms with Gasteiger partial charge in [-0.2, -0.15) is 0 Å². The standard InChI is InChI=1S/C13H14IN3O/c1-2-3-9-4-6-10(7-5-9)17-12-11(14)13(18)16-8-15-12/h4-8H,2-3H2,1H3,(H2,15,16,17,18). The van der Waals surface area contributed by atoms with Crippen LogP contribution in [0.3, 0.4) is 0 Å². The Balaban J connectivity index is 2.18. The summed E-state index contributed by atoms with van der Waals surface area (Å²) in [5, 5.41) is 3.14. The zero-order chi connectivity index (χ0) is 13.0. The van der Waals surface area contributed by atoms with Crippen molar-refractivity contribution in [1.82, 2.24) is 9.97 Å². The molecule has 0 aliphatic carbocycles. The number of halogens is 1. The average Bonchev–Trinajstić information content (AvgIpc) is 2.38. The molecule has 18 heavy (non-hydrogen) atoms. The van der Waals surface area contributed by atoms with Crippen molar-refractivity contribution in [3.63, 3.8) is 0 Å². The summed E-state index contributed by atoms with van der Waals surface area (Å²) in [6.07, 6.45) is 3.62. The van der Waals surface area contributed by atoms with E-state index in [4.69, 9.17) is 0 Å². The van der Waals surface area contributed by atoms with Crippen LogP contribution in [0.5, 0.6) is 0 Å². The average molecular weight is 355 g/mol. The highest BCUT2D eigenvalue weighted by Gasteiger charge is 2.05. The fraction of sp³-hybridized carbons (Fsp3) is 0.231. The topological polar surface area (TPSA) is 57.8 Å². The SMILES string of the molecule is CCCc1ccc(Nc2nc[nH]c(=O)c2I)cc1. The van der Waals surface area contributed by atoms with Crippen LogP contribution in [-0.2, 0) is 6.42 Å². The Kier molecular flexibility index (Phi) is 4.35. The smallest absolute Gasteiger partial charge is 0.266 e. The molecule has 0 aliphatic heterocycles. The first-order chi connectivity index (χ1) is 8.70. The van der Waals surface area contributed by atoms with Gasteiger partial charge < -0.3 is 10.3 Å². The number of rotatable bonds is 4. The molecule has 0 unspecified atom stereocenters. The van der Waals surface area contributed by atoms with E-state index in [-0.39, 0.29) is 5.56 Å². The fourth-order valence-electron chi connectivity index (χ4n) is 1.65. The molecule has 5 heteroatoms. The summed E-state index contributed by atoms with van der Waals surface area (Å²) in [6, 6.07) is 8.19. The number of aromatic nitrogens is 2. The van der Waals surface area contributed by atoms with E-state index in [0.717, 1.165) is 18.5 Å². The minimum absolute atomic E-state index is 0.129. The minimum atomic E-state index is -0.129. The molecule has 0 saturated heterocycles. The van der Waals surface area contributed by atoms with Gasteiger partial charge in [0.1, 0.15) is 3.57 Å². The maximum absolute atomic E-state index is 11.4. The van der Waals surface area contributed by atoms with Gasteiger partial charge in [0.25, 0.3) is 5.56 Å². The number of aromatic amines is 1. The van der Waals surface area contributed by atoms with Crippen LogP contribution in [0.25, 0.3) is 0 Å². The number of hydrogen-bond donors (Lipinski definition) is 2. The number of H-pyrrole nitrogens is 1. The van der Waals surface area contributed by atoms with Crippen molar-refractivity contribution >= 4 is 34.1 Å². The molecule has 0 spiro atoms. The van der Waals surface area contributed by atoms with Gasteiger partial charge in [-0.25, -0.2) is 4.98 Å². The first-order valence-electron chi connectivity index (χ1n) is 5.80. The van der Waals surface area contributed by atoms with E-state index in [1.54, 1.807) is 0 Å². The second-order valence-corrected chi connectivity index (χ2v) is 5.04. The molecule has 0 fully saturated rings. The van der Waals surface area contributed by atoms with E-state index in [9.17, 15) is 4.79 Å². The normalized spacial score (nSPS) is 10.3. The number of aryl methyl sites for hydroxylation is 1. The van der Waals surface area contributed by atoms with Crippen molar-refractivity contribution in [2.24, 2.45) is 0 Å². The van der Waals surface area contributed by atoms with Gasteiger partial charge in [-0.1, -0.05) is 25.5 Å². The fourth-order valence-corrected chi connectivity index (χ4v) is 2.08. The zero-order valence-corrected chi connectivity index (χ0v) is 12.2. The van der Waals surface area contributed by atoms with Crippen LogP contribution < -0.4 is 10.9 Å². The van der Waals surface area contributed by atoms with Crippen molar-refractivity contribution in [2.75, 3.05) is 5.32 Å². The largest absolute Gasteiger partial charge is 0.339 e. The molecule has 2 N–H and O–H groups in total. The molecule has 0 bridgehead atoms. The van der Waals surface area contributed by atoms with Crippen molar-refractivity contribution in [3.8, 4) is 0 Å². The Morgan fingerprint density at radius 3 is 2.72 bits per heavy atom. The summed E-state index contributed by atoms with van der Waals surface area (Å²) in [4.78, 5) is 18.1. The van der Waals surface area contributed by atoms with Crippen LogP contribution in [0.2, 0.25) is 0 Å². The molecule has 0 saturated carbocycles. The number of anilines is 2. The van der Waals surface area contributed by atoms with Gasteiger partial charge >= 0.3 is 0 Å². The lowest BCUT2D eigenvalue weighted by Crippen LogP contribution is -2.12. The van der Waals surface area contributed by atoms with E-state index in [1.807, 2.05) is 34.7 Å². The van der Waals surface area contributed by atoms with Gasteiger partial charge in [-0.05, 0) is 46.7 Å². The van der Waals surface area contributed by atoms with Gasteiger partial charge in [-0.15, -0.1) is 0 Å². The molecule has 0 amide bonds. The Hall–Kier alpha value is -1.37. The maximum atomic E-state index is 11.4. The van der Waals surface area contributed by atoms with Gasteiger partial charge in [0.05, 0.1) is 6.33 Å². The monoisotopic (exact) mass is 355 g/mol. The molecule has 2 rings (SSSR count). The molecule has 0 atom stereocenters. The lowest BCUT2D eigenvalue weighted by Gasteiger charge is -2.07. The van der Waals surface area contributed by atoms with Crippen molar-refractivity contribution in [1.29, 1.82) is 0 Å². The van der Waals surface area contributed by atoms with Gasteiger partial charge in [0, 0.05) is 5.69 Å². The predicted molar refractivity (Wildman–Crippen MR) is 81.3 cm³/mol. The molecule has 1 heterocycles. The third-order valence-corrected chi connectivity index (χ3v) is 3.55. The van der Waals surface area contributed by atoms with Crippen molar-refractivity contribution in [2.45, 2.75) is 19.8 Å². The van der Waals surface area contributed by atoms with Crippen LogP contribution >= 0.6 is 22.6 Å². The molecule has 0 radical (unpaired) electrons. The number of nitrogens with one attached hydrogen (secondary N) is 2. The summed E-state index contributed by atoms with van der Waals surface area (Å²) >= 11 is 1.98.